The number of hydrogen-bond donors (Lipinski definition) is 1. The van der Waals surface area contributed by atoms with Crippen LogP contribution in [0, 0.1) is 11.3 Å². The molecule has 1 heterocycles. The van der Waals surface area contributed by atoms with Crippen molar-refractivity contribution in [2.24, 2.45) is 11.3 Å². The molecule has 0 aromatic carbocycles. The van der Waals surface area contributed by atoms with E-state index in [1.807, 2.05) is 0 Å². The maximum absolute atomic E-state index is 10.1. The SMILES string of the molecule is COC(C(O)C1CCOC1)C(C)(C)C. The highest BCUT2D eigenvalue weighted by molar-refractivity contribution is 4.86. The first-order chi connectivity index (χ1) is 6.46. The maximum Gasteiger partial charge on any atom is 0.0881 e. The molecule has 0 saturated carbocycles. The van der Waals surface area contributed by atoms with Crippen molar-refractivity contribution in [3.05, 3.63) is 0 Å². The fourth-order valence-corrected chi connectivity index (χ4v) is 2.07. The summed E-state index contributed by atoms with van der Waals surface area (Å²) in [6.45, 7) is 7.68. The van der Waals surface area contributed by atoms with Crippen LogP contribution < -0.4 is 0 Å². The summed E-state index contributed by atoms with van der Waals surface area (Å²) < 4.78 is 10.7. The molecule has 3 unspecified atom stereocenters. The molecule has 0 aromatic heterocycles. The summed E-state index contributed by atoms with van der Waals surface area (Å²) in [5, 5.41) is 10.1. The Morgan fingerprint density at radius 2 is 2.07 bits per heavy atom. The van der Waals surface area contributed by atoms with Crippen molar-refractivity contribution < 1.29 is 14.6 Å². The van der Waals surface area contributed by atoms with Crippen molar-refractivity contribution in [3.8, 4) is 0 Å². The maximum atomic E-state index is 10.1. The smallest absolute Gasteiger partial charge is 0.0881 e. The lowest BCUT2D eigenvalue weighted by atomic mass is 9.81. The van der Waals surface area contributed by atoms with Crippen LogP contribution >= 0.6 is 0 Å². The first-order valence-electron chi connectivity index (χ1n) is 5.25. The second-order valence-corrected chi connectivity index (χ2v) is 5.14. The van der Waals surface area contributed by atoms with Gasteiger partial charge in [-0.3, -0.25) is 0 Å². The predicted octanol–water partition coefficient (Wildman–Crippen LogP) is 1.44. The molecule has 0 aliphatic carbocycles. The van der Waals surface area contributed by atoms with Crippen LogP contribution in [0.25, 0.3) is 0 Å². The molecule has 0 radical (unpaired) electrons. The third-order valence-corrected chi connectivity index (χ3v) is 2.87. The number of aliphatic hydroxyl groups is 1. The molecule has 3 atom stereocenters. The molecule has 1 fully saturated rings. The predicted molar refractivity (Wildman–Crippen MR) is 55.2 cm³/mol. The fraction of sp³-hybridized carbons (Fsp3) is 1.00. The van der Waals surface area contributed by atoms with E-state index < -0.39 is 6.10 Å². The molecular formula is C11H22O3. The van der Waals surface area contributed by atoms with Gasteiger partial charge in [0, 0.05) is 19.6 Å². The van der Waals surface area contributed by atoms with Crippen LogP contribution in [-0.2, 0) is 9.47 Å². The average Bonchev–Trinajstić information content (AvgIpc) is 2.53. The average molecular weight is 202 g/mol. The fourth-order valence-electron chi connectivity index (χ4n) is 2.07. The lowest BCUT2D eigenvalue weighted by Gasteiger charge is -2.35. The quantitative estimate of drug-likeness (QED) is 0.752. The van der Waals surface area contributed by atoms with Gasteiger partial charge >= 0.3 is 0 Å². The molecule has 1 aliphatic heterocycles. The number of aliphatic hydroxyl groups excluding tert-OH is 1. The molecule has 0 spiro atoms. The molecule has 0 bridgehead atoms. The molecule has 1 rings (SSSR count). The Labute approximate surface area is 86.4 Å². The topological polar surface area (TPSA) is 38.7 Å². The van der Waals surface area contributed by atoms with Crippen LogP contribution in [-0.4, -0.2) is 37.6 Å². The molecule has 3 nitrogen and oxygen atoms in total. The van der Waals surface area contributed by atoms with Crippen LogP contribution in [0.3, 0.4) is 0 Å². The Bertz CT molecular complexity index is 168. The Balaban J connectivity index is 2.59. The molecule has 0 aromatic rings. The lowest BCUT2D eigenvalue weighted by molar-refractivity contribution is -0.0930. The van der Waals surface area contributed by atoms with E-state index in [0.717, 1.165) is 13.0 Å². The van der Waals surface area contributed by atoms with Gasteiger partial charge in [0.1, 0.15) is 0 Å². The van der Waals surface area contributed by atoms with E-state index in [4.69, 9.17) is 9.47 Å². The summed E-state index contributed by atoms with van der Waals surface area (Å²) in [5.74, 6) is 0.235. The highest BCUT2D eigenvalue weighted by Crippen LogP contribution is 2.30. The van der Waals surface area contributed by atoms with E-state index in [-0.39, 0.29) is 17.4 Å². The molecule has 84 valence electrons. The van der Waals surface area contributed by atoms with Crippen molar-refractivity contribution in [2.45, 2.75) is 39.4 Å². The van der Waals surface area contributed by atoms with E-state index in [2.05, 4.69) is 20.8 Å². The molecule has 0 amide bonds. The summed E-state index contributed by atoms with van der Waals surface area (Å²) in [4.78, 5) is 0. The largest absolute Gasteiger partial charge is 0.390 e. The normalized spacial score (nSPS) is 27.6. The van der Waals surface area contributed by atoms with Crippen molar-refractivity contribution in [3.63, 3.8) is 0 Å². The summed E-state index contributed by atoms with van der Waals surface area (Å²) in [6.07, 6.45) is 0.411. The summed E-state index contributed by atoms with van der Waals surface area (Å²) in [5.41, 5.74) is -0.0310. The summed E-state index contributed by atoms with van der Waals surface area (Å²) in [7, 11) is 1.66. The van der Waals surface area contributed by atoms with Gasteiger partial charge in [-0.1, -0.05) is 20.8 Å². The van der Waals surface area contributed by atoms with E-state index in [1.54, 1.807) is 7.11 Å². The third-order valence-electron chi connectivity index (χ3n) is 2.87. The first-order valence-corrected chi connectivity index (χ1v) is 5.25. The van der Waals surface area contributed by atoms with Crippen LogP contribution in [0.5, 0.6) is 0 Å². The Kier molecular flexibility index (Phi) is 3.93. The van der Waals surface area contributed by atoms with Crippen molar-refractivity contribution >= 4 is 0 Å². The monoisotopic (exact) mass is 202 g/mol. The van der Waals surface area contributed by atoms with Gasteiger partial charge in [-0.2, -0.15) is 0 Å². The zero-order valence-electron chi connectivity index (χ0n) is 9.62. The van der Waals surface area contributed by atoms with E-state index in [9.17, 15) is 5.11 Å². The Morgan fingerprint density at radius 3 is 2.43 bits per heavy atom. The van der Waals surface area contributed by atoms with Crippen LogP contribution in [0.1, 0.15) is 27.2 Å². The zero-order chi connectivity index (χ0) is 10.8. The van der Waals surface area contributed by atoms with Gasteiger partial charge in [0.2, 0.25) is 0 Å². The minimum Gasteiger partial charge on any atom is -0.390 e. The molecule has 1 N–H and O–H groups in total. The summed E-state index contributed by atoms with van der Waals surface area (Å²) >= 11 is 0. The Hall–Kier alpha value is -0.120. The molecule has 1 aliphatic rings. The van der Waals surface area contributed by atoms with Gasteiger partial charge in [-0.15, -0.1) is 0 Å². The molecule has 1 saturated heterocycles. The second kappa shape index (κ2) is 4.60. The Morgan fingerprint density at radius 1 is 1.43 bits per heavy atom. The third kappa shape index (κ3) is 2.69. The number of methoxy groups -OCH3 is 1. The van der Waals surface area contributed by atoms with E-state index in [1.165, 1.54) is 0 Å². The van der Waals surface area contributed by atoms with E-state index >= 15 is 0 Å². The van der Waals surface area contributed by atoms with E-state index in [0.29, 0.717) is 6.61 Å². The second-order valence-electron chi connectivity index (χ2n) is 5.14. The number of hydrogen-bond acceptors (Lipinski definition) is 3. The van der Waals surface area contributed by atoms with Gasteiger partial charge in [-0.05, 0) is 11.8 Å². The van der Waals surface area contributed by atoms with Gasteiger partial charge in [0.15, 0.2) is 0 Å². The standard InChI is InChI=1S/C11H22O3/c1-11(2,3)10(13-4)9(12)8-5-6-14-7-8/h8-10,12H,5-7H2,1-4H3. The van der Waals surface area contributed by atoms with Gasteiger partial charge in [0.05, 0.1) is 18.8 Å². The van der Waals surface area contributed by atoms with Gasteiger partial charge in [0.25, 0.3) is 0 Å². The van der Waals surface area contributed by atoms with Crippen molar-refractivity contribution in [1.82, 2.24) is 0 Å². The number of rotatable bonds is 3. The van der Waals surface area contributed by atoms with Crippen LogP contribution in [0.15, 0.2) is 0 Å². The minimum absolute atomic E-state index is 0.0310. The molecular weight excluding hydrogens is 180 g/mol. The van der Waals surface area contributed by atoms with Crippen molar-refractivity contribution in [1.29, 1.82) is 0 Å². The zero-order valence-corrected chi connectivity index (χ0v) is 9.62. The molecule has 14 heavy (non-hydrogen) atoms. The first kappa shape index (κ1) is 12.0. The van der Waals surface area contributed by atoms with Gasteiger partial charge < -0.3 is 14.6 Å². The van der Waals surface area contributed by atoms with Gasteiger partial charge in [-0.25, -0.2) is 0 Å². The highest BCUT2D eigenvalue weighted by atomic mass is 16.5. The van der Waals surface area contributed by atoms with Crippen LogP contribution in [0.4, 0.5) is 0 Å². The van der Waals surface area contributed by atoms with Crippen LogP contribution in [0.2, 0.25) is 0 Å². The van der Waals surface area contributed by atoms with Crippen molar-refractivity contribution in [2.75, 3.05) is 20.3 Å². The molecule has 3 heteroatoms. The summed E-state index contributed by atoms with van der Waals surface area (Å²) in [6, 6.07) is 0. The number of ether oxygens (including phenoxy) is 2. The minimum atomic E-state index is -0.414. The lowest BCUT2D eigenvalue weighted by Crippen LogP contribution is -2.43. The highest BCUT2D eigenvalue weighted by Gasteiger charge is 2.37.